The molecular weight excluding hydrogens is 268 g/mol. The lowest BCUT2D eigenvalue weighted by atomic mass is 10.1. The molecule has 0 saturated carbocycles. The minimum absolute atomic E-state index is 0.00490. The molecule has 0 radical (unpaired) electrons. The predicted octanol–water partition coefficient (Wildman–Crippen LogP) is 0.573. The van der Waals surface area contributed by atoms with Crippen LogP contribution in [0.1, 0.15) is 13.8 Å². The average Bonchev–Trinajstić information content (AvgIpc) is 2.36. The molecule has 0 fully saturated rings. The van der Waals surface area contributed by atoms with Gasteiger partial charge in [-0.25, -0.2) is 13.1 Å². The highest BCUT2D eigenvalue weighted by atomic mass is 32.2. The molecule has 0 saturated heterocycles. The summed E-state index contributed by atoms with van der Waals surface area (Å²) in [6.45, 7) is 3.35. The van der Waals surface area contributed by atoms with E-state index in [-0.39, 0.29) is 23.1 Å². The quantitative estimate of drug-likeness (QED) is 0.664. The van der Waals surface area contributed by atoms with E-state index in [0.29, 0.717) is 5.75 Å². The number of rotatable bonds is 6. The Balaban J connectivity index is 3.01. The summed E-state index contributed by atoms with van der Waals surface area (Å²) in [6, 6.07) is 3.99. The second-order valence-electron chi connectivity index (χ2n) is 4.47. The van der Waals surface area contributed by atoms with Gasteiger partial charge in [-0.15, -0.1) is 0 Å². The summed E-state index contributed by atoms with van der Waals surface area (Å²) >= 11 is 0. The molecule has 2 atom stereocenters. The number of methoxy groups -OCH3 is 1. The van der Waals surface area contributed by atoms with Gasteiger partial charge in [0.2, 0.25) is 10.0 Å². The number of aliphatic hydroxyl groups is 1. The maximum absolute atomic E-state index is 12.2. The van der Waals surface area contributed by atoms with Gasteiger partial charge in [0, 0.05) is 18.7 Å². The zero-order chi connectivity index (χ0) is 14.6. The third kappa shape index (κ3) is 3.82. The van der Waals surface area contributed by atoms with Crippen LogP contribution in [0, 0.1) is 5.92 Å². The van der Waals surface area contributed by atoms with Crippen LogP contribution in [0.15, 0.2) is 23.1 Å². The molecule has 1 aromatic rings. The Morgan fingerprint density at radius 3 is 2.53 bits per heavy atom. The van der Waals surface area contributed by atoms with Crippen molar-refractivity contribution in [1.82, 2.24) is 4.72 Å². The summed E-state index contributed by atoms with van der Waals surface area (Å²) in [4.78, 5) is 0.00490. The standard InChI is InChI=1S/C12H20N2O4S/c1-8(7-15)9(2)14-19(16,17)12-5-4-10(18-3)6-11(12)13/h4-6,8-9,14-15H,7,13H2,1-3H3. The summed E-state index contributed by atoms with van der Waals surface area (Å²) in [5.74, 6) is 0.308. The van der Waals surface area contributed by atoms with Crippen molar-refractivity contribution in [2.24, 2.45) is 5.92 Å². The van der Waals surface area contributed by atoms with Gasteiger partial charge in [-0.05, 0) is 25.0 Å². The number of ether oxygens (including phenoxy) is 1. The average molecular weight is 288 g/mol. The first-order valence-corrected chi connectivity index (χ1v) is 7.37. The minimum atomic E-state index is -3.71. The van der Waals surface area contributed by atoms with Crippen LogP contribution in [0.25, 0.3) is 0 Å². The number of nitrogens with one attached hydrogen (secondary N) is 1. The fourth-order valence-electron chi connectivity index (χ4n) is 1.48. The van der Waals surface area contributed by atoms with Crippen LogP contribution in [-0.4, -0.2) is 33.3 Å². The molecule has 0 aliphatic carbocycles. The van der Waals surface area contributed by atoms with E-state index in [2.05, 4.69) is 4.72 Å². The molecule has 108 valence electrons. The molecule has 0 amide bonds. The van der Waals surface area contributed by atoms with Gasteiger partial charge in [0.25, 0.3) is 0 Å². The van der Waals surface area contributed by atoms with Crippen molar-refractivity contribution in [3.63, 3.8) is 0 Å². The second kappa shape index (κ2) is 6.23. The molecule has 0 bridgehead atoms. The molecule has 6 nitrogen and oxygen atoms in total. The number of hydrogen-bond acceptors (Lipinski definition) is 5. The highest BCUT2D eigenvalue weighted by Crippen LogP contribution is 2.24. The SMILES string of the molecule is COc1ccc(S(=O)(=O)NC(C)C(C)CO)c(N)c1. The lowest BCUT2D eigenvalue weighted by Gasteiger charge is -2.19. The Morgan fingerprint density at radius 1 is 1.42 bits per heavy atom. The Morgan fingerprint density at radius 2 is 2.05 bits per heavy atom. The van der Waals surface area contributed by atoms with Crippen LogP contribution in [0.2, 0.25) is 0 Å². The Bertz CT molecular complexity index is 531. The van der Waals surface area contributed by atoms with Crippen molar-refractivity contribution in [1.29, 1.82) is 0 Å². The third-order valence-corrected chi connectivity index (χ3v) is 4.62. The number of nitrogens with two attached hydrogens (primary N) is 1. The maximum atomic E-state index is 12.2. The van der Waals surface area contributed by atoms with Crippen molar-refractivity contribution in [2.45, 2.75) is 24.8 Å². The minimum Gasteiger partial charge on any atom is -0.497 e. The highest BCUT2D eigenvalue weighted by Gasteiger charge is 2.22. The Kier molecular flexibility index (Phi) is 5.16. The van der Waals surface area contributed by atoms with Crippen LogP contribution in [0.3, 0.4) is 0 Å². The van der Waals surface area contributed by atoms with E-state index in [4.69, 9.17) is 15.6 Å². The fourth-order valence-corrected chi connectivity index (χ4v) is 2.95. The topological polar surface area (TPSA) is 102 Å². The van der Waals surface area contributed by atoms with Gasteiger partial charge in [0.05, 0.1) is 12.8 Å². The van der Waals surface area contributed by atoms with E-state index in [0.717, 1.165) is 0 Å². The van der Waals surface area contributed by atoms with E-state index >= 15 is 0 Å². The van der Waals surface area contributed by atoms with Gasteiger partial charge >= 0.3 is 0 Å². The number of anilines is 1. The fraction of sp³-hybridized carbons (Fsp3) is 0.500. The van der Waals surface area contributed by atoms with Crippen LogP contribution in [0.5, 0.6) is 5.75 Å². The van der Waals surface area contributed by atoms with E-state index in [1.807, 2.05) is 0 Å². The van der Waals surface area contributed by atoms with Crippen LogP contribution in [0.4, 0.5) is 5.69 Å². The summed E-state index contributed by atoms with van der Waals surface area (Å²) in [7, 11) is -2.23. The number of aliphatic hydroxyl groups excluding tert-OH is 1. The van der Waals surface area contributed by atoms with Crippen molar-refractivity contribution in [3.8, 4) is 5.75 Å². The molecule has 2 unspecified atom stereocenters. The zero-order valence-corrected chi connectivity index (χ0v) is 12.1. The summed E-state index contributed by atoms with van der Waals surface area (Å²) in [5.41, 5.74) is 5.84. The number of hydrogen-bond donors (Lipinski definition) is 3. The normalized spacial score (nSPS) is 14.9. The number of sulfonamides is 1. The van der Waals surface area contributed by atoms with Crippen molar-refractivity contribution >= 4 is 15.7 Å². The maximum Gasteiger partial charge on any atom is 0.242 e. The first-order chi connectivity index (χ1) is 8.81. The molecule has 19 heavy (non-hydrogen) atoms. The lowest BCUT2D eigenvalue weighted by Crippen LogP contribution is -2.38. The third-order valence-electron chi connectivity index (χ3n) is 2.99. The first-order valence-electron chi connectivity index (χ1n) is 5.88. The molecular formula is C12H20N2O4S. The summed E-state index contributed by atoms with van der Waals surface area (Å²) in [6.07, 6.45) is 0. The summed E-state index contributed by atoms with van der Waals surface area (Å²) < 4.78 is 31.8. The number of benzene rings is 1. The molecule has 1 rings (SSSR count). The highest BCUT2D eigenvalue weighted by molar-refractivity contribution is 7.89. The summed E-state index contributed by atoms with van der Waals surface area (Å²) in [5, 5.41) is 9.02. The van der Waals surface area contributed by atoms with Gasteiger partial charge in [0.1, 0.15) is 10.6 Å². The molecule has 0 aliphatic rings. The lowest BCUT2D eigenvalue weighted by molar-refractivity contribution is 0.216. The second-order valence-corrected chi connectivity index (χ2v) is 6.16. The molecule has 4 N–H and O–H groups in total. The van der Waals surface area contributed by atoms with Gasteiger partial charge in [-0.1, -0.05) is 6.92 Å². The van der Waals surface area contributed by atoms with Crippen LogP contribution < -0.4 is 15.2 Å². The molecule has 0 heterocycles. The van der Waals surface area contributed by atoms with Crippen molar-refractivity contribution < 1.29 is 18.3 Å². The molecule has 1 aromatic carbocycles. The Hall–Kier alpha value is -1.31. The van der Waals surface area contributed by atoms with Crippen LogP contribution in [-0.2, 0) is 10.0 Å². The molecule has 7 heteroatoms. The zero-order valence-electron chi connectivity index (χ0n) is 11.3. The molecule has 0 aliphatic heterocycles. The van der Waals surface area contributed by atoms with Gasteiger partial charge < -0.3 is 15.6 Å². The van der Waals surface area contributed by atoms with E-state index in [9.17, 15) is 8.42 Å². The van der Waals surface area contributed by atoms with Crippen molar-refractivity contribution in [2.75, 3.05) is 19.5 Å². The monoisotopic (exact) mass is 288 g/mol. The van der Waals surface area contributed by atoms with Crippen molar-refractivity contribution in [3.05, 3.63) is 18.2 Å². The van der Waals surface area contributed by atoms with Gasteiger partial charge in [-0.3, -0.25) is 0 Å². The van der Waals surface area contributed by atoms with Crippen LogP contribution >= 0.6 is 0 Å². The predicted molar refractivity (Wildman–Crippen MR) is 73.4 cm³/mol. The largest absolute Gasteiger partial charge is 0.497 e. The van der Waals surface area contributed by atoms with Gasteiger partial charge in [-0.2, -0.15) is 0 Å². The van der Waals surface area contributed by atoms with Gasteiger partial charge in [0.15, 0.2) is 0 Å². The van der Waals surface area contributed by atoms with E-state index in [1.54, 1.807) is 13.8 Å². The smallest absolute Gasteiger partial charge is 0.242 e. The Labute approximate surface area is 113 Å². The van der Waals surface area contributed by atoms with E-state index < -0.39 is 16.1 Å². The molecule has 0 spiro atoms. The number of nitrogen functional groups attached to an aromatic ring is 1. The van der Waals surface area contributed by atoms with E-state index in [1.165, 1.54) is 25.3 Å². The first kappa shape index (κ1) is 15.7. The molecule has 0 aromatic heterocycles.